The minimum Gasteiger partial charge on any atom is -0.465 e. The second-order valence-electron chi connectivity index (χ2n) is 4.87. The van der Waals surface area contributed by atoms with Crippen molar-refractivity contribution in [3.63, 3.8) is 0 Å². The highest BCUT2D eigenvalue weighted by atomic mass is 16.5. The third-order valence-electron chi connectivity index (χ3n) is 2.99. The molecule has 3 N–H and O–H groups in total. The van der Waals surface area contributed by atoms with E-state index < -0.39 is 5.97 Å². The molecule has 0 bridgehead atoms. The van der Waals surface area contributed by atoms with Crippen molar-refractivity contribution in [3.05, 3.63) is 29.3 Å². The van der Waals surface area contributed by atoms with E-state index in [-0.39, 0.29) is 0 Å². The number of likely N-dealkylation sites (N-methyl/N-ethyl adjacent to an activating group) is 2. The largest absolute Gasteiger partial charge is 0.465 e. The second-order valence-corrected chi connectivity index (χ2v) is 4.87. The van der Waals surface area contributed by atoms with Gasteiger partial charge in [0.25, 0.3) is 0 Å². The summed E-state index contributed by atoms with van der Waals surface area (Å²) in [5.74, 6) is -0.100. The van der Waals surface area contributed by atoms with Crippen LogP contribution in [0.5, 0.6) is 0 Å². The van der Waals surface area contributed by atoms with Gasteiger partial charge in [0.2, 0.25) is 0 Å². The van der Waals surface area contributed by atoms with Crippen LogP contribution in [0, 0.1) is 5.41 Å². The molecular formula is C14H22N4O2. The smallest absolute Gasteiger partial charge is 0.337 e. The van der Waals surface area contributed by atoms with E-state index in [9.17, 15) is 4.79 Å². The summed E-state index contributed by atoms with van der Waals surface area (Å²) < 4.78 is 4.64. The maximum Gasteiger partial charge on any atom is 0.337 e. The Morgan fingerprint density at radius 2 is 1.95 bits per heavy atom. The van der Waals surface area contributed by atoms with Crippen molar-refractivity contribution in [1.82, 2.24) is 9.80 Å². The average Bonchev–Trinajstić information content (AvgIpc) is 2.42. The van der Waals surface area contributed by atoms with Crippen LogP contribution in [0.25, 0.3) is 0 Å². The average molecular weight is 278 g/mol. The number of hydrogen-bond donors (Lipinski definition) is 2. The quantitative estimate of drug-likeness (QED) is 0.361. The van der Waals surface area contributed by atoms with Gasteiger partial charge in [-0.25, -0.2) is 4.79 Å². The molecule has 1 aromatic rings. The molecule has 0 spiro atoms. The number of hydrogen-bond acceptors (Lipinski definition) is 5. The summed E-state index contributed by atoms with van der Waals surface area (Å²) in [4.78, 5) is 15.3. The maximum absolute atomic E-state index is 11.4. The summed E-state index contributed by atoms with van der Waals surface area (Å²) in [6, 6.07) is 4.83. The first-order valence-electron chi connectivity index (χ1n) is 6.29. The van der Waals surface area contributed by atoms with Gasteiger partial charge in [-0.2, -0.15) is 0 Å². The van der Waals surface area contributed by atoms with Crippen LogP contribution in [0.3, 0.4) is 0 Å². The van der Waals surface area contributed by atoms with E-state index in [1.165, 1.54) is 13.2 Å². The Morgan fingerprint density at radius 3 is 2.45 bits per heavy atom. The third kappa shape index (κ3) is 3.96. The van der Waals surface area contributed by atoms with Gasteiger partial charge in [0, 0.05) is 31.4 Å². The number of ether oxygens (including phenoxy) is 1. The number of methoxy groups -OCH3 is 1. The van der Waals surface area contributed by atoms with E-state index in [2.05, 4.69) is 4.74 Å². The number of rotatable bonds is 5. The Balaban J connectivity index is 2.86. The number of esters is 1. The van der Waals surface area contributed by atoms with Crippen LogP contribution < -0.4 is 5.73 Å². The first kappa shape index (κ1) is 16.0. The van der Waals surface area contributed by atoms with Gasteiger partial charge >= 0.3 is 5.97 Å². The Morgan fingerprint density at radius 1 is 1.30 bits per heavy atom. The molecule has 6 nitrogen and oxygen atoms in total. The van der Waals surface area contributed by atoms with E-state index in [4.69, 9.17) is 11.1 Å². The zero-order chi connectivity index (χ0) is 15.3. The molecule has 20 heavy (non-hydrogen) atoms. The van der Waals surface area contributed by atoms with Crippen molar-refractivity contribution in [2.45, 2.75) is 0 Å². The summed E-state index contributed by atoms with van der Waals surface area (Å²) in [5, 5.41) is 8.15. The van der Waals surface area contributed by atoms with Gasteiger partial charge in [0.05, 0.1) is 12.7 Å². The number of anilines is 1. The number of nitrogens with zero attached hydrogens (tertiary/aromatic N) is 2. The van der Waals surface area contributed by atoms with Crippen molar-refractivity contribution < 1.29 is 9.53 Å². The molecule has 0 saturated carbocycles. The highest BCUT2D eigenvalue weighted by Gasteiger charge is 2.13. The summed E-state index contributed by atoms with van der Waals surface area (Å²) in [5.41, 5.74) is 7.32. The maximum atomic E-state index is 11.4. The molecular weight excluding hydrogens is 256 g/mol. The van der Waals surface area contributed by atoms with Crippen molar-refractivity contribution in [2.75, 3.05) is 47.1 Å². The summed E-state index contributed by atoms with van der Waals surface area (Å²) in [6.07, 6.45) is 0. The summed E-state index contributed by atoms with van der Waals surface area (Å²) in [7, 11) is 7.14. The van der Waals surface area contributed by atoms with Gasteiger partial charge in [-0.1, -0.05) is 0 Å². The number of benzene rings is 1. The van der Waals surface area contributed by atoms with Crippen molar-refractivity contribution in [1.29, 1.82) is 5.41 Å². The van der Waals surface area contributed by atoms with Gasteiger partial charge in [-0.3, -0.25) is 5.41 Å². The third-order valence-corrected chi connectivity index (χ3v) is 2.99. The Labute approximate surface area is 119 Å². The zero-order valence-electron chi connectivity index (χ0n) is 12.4. The molecule has 110 valence electrons. The normalized spacial score (nSPS) is 10.4. The molecule has 0 amide bonds. The number of nitrogens with two attached hydrogens (primary N) is 1. The topological polar surface area (TPSA) is 82.7 Å². The predicted molar refractivity (Wildman–Crippen MR) is 80.2 cm³/mol. The Hall–Kier alpha value is -2.08. The molecule has 1 rings (SSSR count). The Kier molecular flexibility index (Phi) is 5.52. The fraction of sp³-hybridized carbons (Fsp3) is 0.429. The van der Waals surface area contributed by atoms with Gasteiger partial charge in [0.15, 0.2) is 0 Å². The molecule has 0 fully saturated rings. The molecule has 0 aliphatic rings. The van der Waals surface area contributed by atoms with Crippen LogP contribution in [0.2, 0.25) is 0 Å². The van der Waals surface area contributed by atoms with Gasteiger partial charge in [-0.05, 0) is 32.3 Å². The molecule has 0 unspecified atom stereocenters. The summed E-state index contributed by atoms with van der Waals surface area (Å²) >= 11 is 0. The van der Waals surface area contributed by atoms with Crippen LogP contribution in [0.1, 0.15) is 15.9 Å². The second kappa shape index (κ2) is 6.91. The van der Waals surface area contributed by atoms with Crippen molar-refractivity contribution in [3.8, 4) is 0 Å². The van der Waals surface area contributed by atoms with Gasteiger partial charge in [-0.15, -0.1) is 0 Å². The monoisotopic (exact) mass is 278 g/mol. The molecule has 0 aliphatic heterocycles. The highest BCUT2D eigenvalue weighted by Crippen LogP contribution is 2.16. The lowest BCUT2D eigenvalue weighted by molar-refractivity contribution is 0.0601. The molecule has 0 saturated heterocycles. The first-order chi connectivity index (χ1) is 9.36. The molecule has 1 aromatic carbocycles. The van der Waals surface area contributed by atoms with E-state index in [1.54, 1.807) is 12.1 Å². The SMILES string of the molecule is COC(=O)c1ccc(C(=N)N(C)CCN(C)C)c(N)c1. The highest BCUT2D eigenvalue weighted by molar-refractivity contribution is 6.02. The fourth-order valence-electron chi connectivity index (χ4n) is 1.69. The minimum absolute atomic E-state index is 0.334. The number of nitrogens with one attached hydrogen (secondary N) is 1. The van der Waals surface area contributed by atoms with E-state index >= 15 is 0 Å². The predicted octanol–water partition coefficient (Wildman–Crippen LogP) is 0.874. The molecule has 0 heterocycles. The zero-order valence-corrected chi connectivity index (χ0v) is 12.4. The van der Waals surface area contributed by atoms with Crippen LogP contribution in [-0.2, 0) is 4.74 Å². The van der Waals surface area contributed by atoms with E-state index in [1.807, 2.05) is 30.9 Å². The van der Waals surface area contributed by atoms with Gasteiger partial charge in [0.1, 0.15) is 5.84 Å². The van der Waals surface area contributed by atoms with Crippen LogP contribution in [-0.4, -0.2) is 62.9 Å². The van der Waals surface area contributed by atoms with Crippen molar-refractivity contribution in [2.24, 2.45) is 0 Å². The molecule has 0 atom stereocenters. The van der Waals surface area contributed by atoms with Gasteiger partial charge < -0.3 is 20.3 Å². The van der Waals surface area contributed by atoms with E-state index in [0.717, 1.165) is 13.1 Å². The molecule has 6 heteroatoms. The minimum atomic E-state index is -0.434. The standard InChI is InChI=1S/C14H22N4O2/c1-17(2)7-8-18(3)13(16)11-6-5-10(9-12(11)15)14(19)20-4/h5-6,9,16H,7-8,15H2,1-4H3. The van der Waals surface area contributed by atoms with E-state index in [0.29, 0.717) is 22.6 Å². The number of amidine groups is 1. The lowest BCUT2D eigenvalue weighted by atomic mass is 10.1. The Bertz CT molecular complexity index is 500. The molecule has 0 radical (unpaired) electrons. The van der Waals surface area contributed by atoms with Crippen LogP contribution in [0.4, 0.5) is 5.69 Å². The fourth-order valence-corrected chi connectivity index (χ4v) is 1.69. The molecule has 0 aliphatic carbocycles. The number of carbonyl (C=O) groups is 1. The molecule has 0 aromatic heterocycles. The lowest BCUT2D eigenvalue weighted by Gasteiger charge is -2.23. The number of nitrogen functional groups attached to an aromatic ring is 1. The first-order valence-corrected chi connectivity index (χ1v) is 6.29. The van der Waals surface area contributed by atoms with Crippen LogP contribution in [0.15, 0.2) is 18.2 Å². The summed E-state index contributed by atoms with van der Waals surface area (Å²) in [6.45, 7) is 1.57. The number of carbonyl (C=O) groups excluding carboxylic acids is 1. The van der Waals surface area contributed by atoms with Crippen LogP contribution >= 0.6 is 0 Å². The lowest BCUT2D eigenvalue weighted by Crippen LogP contribution is -2.33. The van der Waals surface area contributed by atoms with Crippen molar-refractivity contribution >= 4 is 17.5 Å².